The SMILES string of the molecule is O=C(Nc1ccc(OC(F)F)cc1)c1ccc(S(=O)(=O)NCCc2cccs2)cc1. The van der Waals surface area contributed by atoms with Crippen molar-refractivity contribution >= 4 is 33.0 Å². The minimum Gasteiger partial charge on any atom is -0.435 e. The smallest absolute Gasteiger partial charge is 0.387 e. The van der Waals surface area contributed by atoms with Crippen LogP contribution in [-0.4, -0.2) is 27.5 Å². The van der Waals surface area contributed by atoms with Gasteiger partial charge in [0.05, 0.1) is 4.90 Å². The summed E-state index contributed by atoms with van der Waals surface area (Å²) in [5, 5.41) is 4.53. The molecule has 1 amide bonds. The van der Waals surface area contributed by atoms with E-state index in [4.69, 9.17) is 0 Å². The molecule has 1 heterocycles. The van der Waals surface area contributed by atoms with E-state index in [2.05, 4.69) is 14.8 Å². The normalized spacial score (nSPS) is 11.4. The number of carbonyl (C=O) groups excluding carboxylic acids is 1. The van der Waals surface area contributed by atoms with E-state index in [0.29, 0.717) is 12.1 Å². The van der Waals surface area contributed by atoms with E-state index in [1.807, 2.05) is 17.5 Å². The molecule has 2 aromatic carbocycles. The maximum absolute atomic E-state index is 12.4. The van der Waals surface area contributed by atoms with Gasteiger partial charge in [-0.1, -0.05) is 6.07 Å². The minimum atomic E-state index is -3.68. The van der Waals surface area contributed by atoms with Crippen molar-refractivity contribution in [3.8, 4) is 5.75 Å². The first kappa shape index (κ1) is 21.9. The third kappa shape index (κ3) is 6.09. The summed E-state index contributed by atoms with van der Waals surface area (Å²) in [4.78, 5) is 13.5. The van der Waals surface area contributed by atoms with Gasteiger partial charge in [0, 0.05) is 22.7 Å². The molecule has 0 aliphatic heterocycles. The van der Waals surface area contributed by atoms with Gasteiger partial charge in [0.1, 0.15) is 5.75 Å². The summed E-state index contributed by atoms with van der Waals surface area (Å²) in [5.41, 5.74) is 0.633. The summed E-state index contributed by atoms with van der Waals surface area (Å²) in [7, 11) is -3.68. The largest absolute Gasteiger partial charge is 0.435 e. The Morgan fingerprint density at radius 3 is 2.33 bits per heavy atom. The monoisotopic (exact) mass is 452 g/mol. The van der Waals surface area contributed by atoms with Crippen LogP contribution in [0.5, 0.6) is 5.75 Å². The number of sulfonamides is 1. The zero-order chi connectivity index (χ0) is 21.6. The number of ether oxygens (including phenoxy) is 1. The molecule has 0 spiro atoms. The summed E-state index contributed by atoms with van der Waals surface area (Å²) in [5.74, 6) is -0.490. The molecule has 158 valence electrons. The molecule has 3 aromatic rings. The number of benzene rings is 2. The van der Waals surface area contributed by atoms with Gasteiger partial charge in [0.2, 0.25) is 10.0 Å². The molecule has 30 heavy (non-hydrogen) atoms. The van der Waals surface area contributed by atoms with Crippen molar-refractivity contribution in [2.24, 2.45) is 0 Å². The predicted molar refractivity (Wildman–Crippen MR) is 111 cm³/mol. The second-order valence-corrected chi connectivity index (χ2v) is 8.91. The van der Waals surface area contributed by atoms with Gasteiger partial charge in [-0.15, -0.1) is 11.3 Å². The average molecular weight is 453 g/mol. The first-order valence-corrected chi connectivity index (χ1v) is 11.2. The molecule has 6 nitrogen and oxygen atoms in total. The van der Waals surface area contributed by atoms with Crippen LogP contribution in [0.25, 0.3) is 0 Å². The highest BCUT2D eigenvalue weighted by Crippen LogP contribution is 2.19. The van der Waals surface area contributed by atoms with Crippen molar-refractivity contribution in [2.45, 2.75) is 17.9 Å². The maximum atomic E-state index is 12.4. The Morgan fingerprint density at radius 2 is 1.73 bits per heavy atom. The molecule has 10 heteroatoms. The summed E-state index contributed by atoms with van der Waals surface area (Å²) in [6.07, 6.45) is 0.596. The van der Waals surface area contributed by atoms with Crippen molar-refractivity contribution in [2.75, 3.05) is 11.9 Å². The predicted octanol–water partition coefficient (Wildman–Crippen LogP) is 4.12. The Balaban J connectivity index is 1.58. The van der Waals surface area contributed by atoms with Crippen molar-refractivity contribution in [1.82, 2.24) is 4.72 Å². The lowest BCUT2D eigenvalue weighted by Crippen LogP contribution is -2.26. The number of alkyl halides is 2. The first-order chi connectivity index (χ1) is 14.3. The number of anilines is 1. The summed E-state index contributed by atoms with van der Waals surface area (Å²) in [6, 6.07) is 14.8. The van der Waals surface area contributed by atoms with Crippen LogP contribution < -0.4 is 14.8 Å². The van der Waals surface area contributed by atoms with Crippen LogP contribution in [0.4, 0.5) is 14.5 Å². The van der Waals surface area contributed by atoms with Gasteiger partial charge >= 0.3 is 6.61 Å². The zero-order valence-electron chi connectivity index (χ0n) is 15.5. The van der Waals surface area contributed by atoms with Crippen molar-refractivity contribution in [3.63, 3.8) is 0 Å². The van der Waals surface area contributed by atoms with Crippen LogP contribution in [0.15, 0.2) is 70.9 Å². The lowest BCUT2D eigenvalue weighted by atomic mass is 10.2. The van der Waals surface area contributed by atoms with Gasteiger partial charge in [-0.25, -0.2) is 13.1 Å². The third-order valence-electron chi connectivity index (χ3n) is 4.01. The molecule has 0 saturated heterocycles. The molecule has 2 N–H and O–H groups in total. The Bertz CT molecular complexity index is 1070. The second kappa shape index (κ2) is 9.79. The van der Waals surface area contributed by atoms with Crippen LogP contribution in [0.3, 0.4) is 0 Å². The minimum absolute atomic E-state index is 0.0239. The maximum Gasteiger partial charge on any atom is 0.387 e. The Morgan fingerprint density at radius 1 is 1.03 bits per heavy atom. The first-order valence-electron chi connectivity index (χ1n) is 8.82. The molecule has 0 fully saturated rings. The van der Waals surface area contributed by atoms with E-state index < -0.39 is 22.5 Å². The summed E-state index contributed by atoms with van der Waals surface area (Å²) >= 11 is 1.56. The number of amides is 1. The molecule has 0 unspecified atom stereocenters. The topological polar surface area (TPSA) is 84.5 Å². The number of hydrogen-bond acceptors (Lipinski definition) is 5. The lowest BCUT2D eigenvalue weighted by Gasteiger charge is -2.09. The number of nitrogens with one attached hydrogen (secondary N) is 2. The van der Waals surface area contributed by atoms with E-state index in [1.165, 1.54) is 48.5 Å². The molecule has 0 radical (unpaired) electrons. The molecule has 3 rings (SSSR count). The fraction of sp³-hybridized carbons (Fsp3) is 0.150. The van der Waals surface area contributed by atoms with Gasteiger partial charge in [-0.3, -0.25) is 4.79 Å². The molecule has 0 saturated carbocycles. The average Bonchev–Trinajstić information content (AvgIpc) is 3.22. The molecule has 0 aliphatic rings. The number of hydrogen-bond donors (Lipinski definition) is 2. The second-order valence-electron chi connectivity index (χ2n) is 6.11. The van der Waals surface area contributed by atoms with Crippen LogP contribution >= 0.6 is 11.3 Å². The van der Waals surface area contributed by atoms with Crippen LogP contribution in [0.1, 0.15) is 15.2 Å². The Labute approximate surface area is 176 Å². The fourth-order valence-electron chi connectivity index (χ4n) is 2.56. The van der Waals surface area contributed by atoms with Gasteiger partial charge in [0.25, 0.3) is 5.91 Å². The van der Waals surface area contributed by atoms with E-state index in [9.17, 15) is 22.0 Å². The molecular formula is C20H18F2N2O4S2. The molecule has 0 bridgehead atoms. The summed E-state index contributed by atoms with van der Waals surface area (Å²) in [6.45, 7) is -2.65. The standard InChI is InChI=1S/C20H18F2N2O4S2/c21-20(22)28-16-7-5-15(6-8-16)24-19(25)14-3-9-18(10-4-14)30(26,27)23-12-11-17-2-1-13-29-17/h1-10,13,20,23H,11-12H2,(H,24,25). The van der Waals surface area contributed by atoms with Crippen molar-refractivity contribution in [1.29, 1.82) is 0 Å². The van der Waals surface area contributed by atoms with E-state index in [-0.39, 0.29) is 22.8 Å². The van der Waals surface area contributed by atoms with Crippen LogP contribution in [0.2, 0.25) is 0 Å². The zero-order valence-corrected chi connectivity index (χ0v) is 17.2. The molecule has 1 aromatic heterocycles. The van der Waals surface area contributed by atoms with Gasteiger partial charge in [0.15, 0.2) is 0 Å². The number of thiophene rings is 1. The fourth-order valence-corrected chi connectivity index (χ4v) is 4.30. The third-order valence-corrected chi connectivity index (χ3v) is 6.42. The van der Waals surface area contributed by atoms with E-state index >= 15 is 0 Å². The van der Waals surface area contributed by atoms with E-state index in [1.54, 1.807) is 11.3 Å². The lowest BCUT2D eigenvalue weighted by molar-refractivity contribution is -0.0498. The number of rotatable bonds is 9. The van der Waals surface area contributed by atoms with Crippen molar-refractivity contribution in [3.05, 3.63) is 76.5 Å². The number of halogens is 2. The van der Waals surface area contributed by atoms with Gasteiger partial charge in [-0.2, -0.15) is 8.78 Å². The highest BCUT2D eigenvalue weighted by Gasteiger charge is 2.15. The molecule has 0 atom stereocenters. The van der Waals surface area contributed by atoms with E-state index in [0.717, 1.165) is 4.88 Å². The highest BCUT2D eigenvalue weighted by atomic mass is 32.2. The quantitative estimate of drug-likeness (QED) is 0.512. The summed E-state index contributed by atoms with van der Waals surface area (Å²) < 4.78 is 55.8. The van der Waals surface area contributed by atoms with Crippen LogP contribution in [0, 0.1) is 0 Å². The Kier molecular flexibility index (Phi) is 7.14. The van der Waals surface area contributed by atoms with Gasteiger partial charge in [-0.05, 0) is 66.4 Å². The molecule has 0 aliphatic carbocycles. The number of carbonyl (C=O) groups is 1. The Hall–Kier alpha value is -2.82. The van der Waals surface area contributed by atoms with Gasteiger partial charge < -0.3 is 10.1 Å². The van der Waals surface area contributed by atoms with Crippen molar-refractivity contribution < 1.29 is 26.7 Å². The highest BCUT2D eigenvalue weighted by molar-refractivity contribution is 7.89. The molecular weight excluding hydrogens is 434 g/mol. The van der Waals surface area contributed by atoms with Crippen LogP contribution in [-0.2, 0) is 16.4 Å².